The summed E-state index contributed by atoms with van der Waals surface area (Å²) in [6.07, 6.45) is 0. The van der Waals surface area contributed by atoms with Crippen LogP contribution in [0.2, 0.25) is 0 Å². The first-order valence-electron chi connectivity index (χ1n) is 0. The Morgan fingerprint density at radius 1 is 0.385 bits per heavy atom. The average molecular weight is 663 g/mol. The maximum atomic E-state index is 0. The van der Waals surface area contributed by atoms with Crippen molar-refractivity contribution in [3.05, 3.63) is 0 Å². The number of hydrogen-bond acceptors (Lipinski definition) is 0. The van der Waals surface area contributed by atoms with Gasteiger partial charge >= 0.3 is 90.6 Å². The molecule has 0 aromatic heterocycles. The third kappa shape index (κ3) is 145. The second kappa shape index (κ2) is 165. The summed E-state index contributed by atoms with van der Waals surface area (Å²) in [5, 5.41) is 0. The Morgan fingerprint density at radius 2 is 0.385 bits per heavy atom. The van der Waals surface area contributed by atoms with Gasteiger partial charge in [0.2, 0.25) is 0 Å². The van der Waals surface area contributed by atoms with E-state index < -0.39 is 0 Å². The van der Waals surface area contributed by atoms with Crippen LogP contribution in [0.15, 0.2) is 0 Å². The van der Waals surface area contributed by atoms with E-state index in [9.17, 15) is 0 Å². The van der Waals surface area contributed by atoms with Crippen LogP contribution >= 0.6 is 0 Å². The Balaban J connectivity index is 0. The van der Waals surface area contributed by atoms with Gasteiger partial charge in [0.05, 0.1) is 0 Å². The van der Waals surface area contributed by atoms with E-state index in [1.807, 2.05) is 0 Å². The Bertz CT molecular complexity index is 28.5. The molecule has 0 bridgehead atoms. The summed E-state index contributed by atoms with van der Waals surface area (Å²) in [5.41, 5.74) is 0. The zero-order valence-corrected chi connectivity index (χ0v) is 23.7. The summed E-state index contributed by atoms with van der Waals surface area (Å²) < 4.78 is 0. The molecule has 2 radical (unpaired) electrons. The van der Waals surface area contributed by atoms with Crippen molar-refractivity contribution in [2.75, 3.05) is 0 Å². The average Bonchev–Trinajstić information content (AvgIpc) is 0. The summed E-state index contributed by atoms with van der Waals surface area (Å²) in [6.45, 7) is 0. The quantitative estimate of drug-likeness (QED) is 0.282. The molecule has 0 unspecified atom stereocenters. The molecule has 0 atom stereocenters. The van der Waals surface area contributed by atoms with Gasteiger partial charge in [-0.25, -0.2) is 0 Å². The molecule has 0 aromatic rings. The van der Waals surface area contributed by atoms with Crippen molar-refractivity contribution >= 4 is 51.7 Å². The predicted molar refractivity (Wildman–Crippen MR) is 14.9 cm³/mol. The fourth-order valence-corrected chi connectivity index (χ4v) is 0. The van der Waals surface area contributed by atoms with Crippen molar-refractivity contribution in [2.24, 2.45) is 0 Å². The maximum Gasteiger partial charge on any atom is 3.00 e. The van der Waals surface area contributed by atoms with Crippen LogP contribution in [0, 0.1) is 0 Å². The number of rotatable bonds is 0. The SMILES string of the molecule is [Cu].[Cu].[In+3].[In+3].[O-2].[O-2].[O-2].[O-2].[O-2].[Ti].[Ti].[Zn+2].[Zn+2]. The van der Waals surface area contributed by atoms with Crippen LogP contribution in [0.1, 0.15) is 0 Å². The Hall–Kier alpha value is 5.25. The molecule has 0 aliphatic rings. The van der Waals surface area contributed by atoms with Crippen LogP contribution < -0.4 is 0 Å². The molecule has 0 aliphatic heterocycles. The Labute approximate surface area is 192 Å². The minimum Gasteiger partial charge on any atom is -2.00 e. The van der Waals surface area contributed by atoms with Gasteiger partial charge in [-0.15, -0.1) is 0 Å². The molecule has 0 N–H and O–H groups in total. The molecular weight excluding hydrogens is 663 g/mol. The third-order valence-corrected chi connectivity index (χ3v) is 0. The first-order chi connectivity index (χ1) is 0. The van der Waals surface area contributed by atoms with Gasteiger partial charge in [0.1, 0.15) is 0 Å². The summed E-state index contributed by atoms with van der Waals surface area (Å²) in [5.74, 6) is 0. The van der Waals surface area contributed by atoms with Gasteiger partial charge in [-0.2, -0.15) is 0 Å². The van der Waals surface area contributed by atoms with Crippen molar-refractivity contribution in [1.82, 2.24) is 0 Å². The second-order valence-electron chi connectivity index (χ2n) is 0. The minimum absolute atomic E-state index is 0. The molecule has 0 spiro atoms. The van der Waals surface area contributed by atoms with Gasteiger partial charge in [-0.3, -0.25) is 0 Å². The van der Waals surface area contributed by atoms with Gasteiger partial charge in [0.25, 0.3) is 0 Å². The van der Waals surface area contributed by atoms with E-state index in [4.69, 9.17) is 0 Å². The molecule has 0 rings (SSSR count). The van der Waals surface area contributed by atoms with Crippen molar-refractivity contribution in [3.8, 4) is 0 Å². The largest absolute Gasteiger partial charge is 3.00 e. The first-order valence-corrected chi connectivity index (χ1v) is 0. The van der Waals surface area contributed by atoms with Gasteiger partial charge in [-0.1, -0.05) is 0 Å². The summed E-state index contributed by atoms with van der Waals surface area (Å²) in [7, 11) is 0. The van der Waals surface area contributed by atoms with Gasteiger partial charge in [0.15, 0.2) is 0 Å². The smallest absolute Gasteiger partial charge is 2.00 e. The normalized spacial score (nSPS) is 0. The van der Waals surface area contributed by atoms with E-state index >= 15 is 0 Å². The third-order valence-electron chi connectivity index (χ3n) is 0. The molecule has 0 aliphatic carbocycles. The molecule has 13 heavy (non-hydrogen) atoms. The zero-order chi connectivity index (χ0) is 0. The van der Waals surface area contributed by atoms with Crippen molar-refractivity contribution in [1.29, 1.82) is 0 Å². The molecule has 0 aromatic carbocycles. The molecule has 0 amide bonds. The molecule has 0 heterocycles. The van der Waals surface area contributed by atoms with Crippen LogP contribution in [0.25, 0.3) is 0 Å². The molecular formula is Cu2In2O5Ti2Zn2. The monoisotopic (exact) mass is 659 g/mol. The van der Waals surface area contributed by atoms with E-state index in [2.05, 4.69) is 0 Å². The molecule has 13 heteroatoms. The van der Waals surface area contributed by atoms with Crippen LogP contribution in [-0.2, 0) is 144 Å². The second-order valence-corrected chi connectivity index (χ2v) is 0. The summed E-state index contributed by atoms with van der Waals surface area (Å²) >= 11 is 0. The topological polar surface area (TPSA) is 142 Å². The van der Waals surface area contributed by atoms with Crippen LogP contribution in [0.5, 0.6) is 0 Å². The fraction of sp³-hybridized carbons (Fsp3) is 0. The van der Waals surface area contributed by atoms with E-state index in [0.29, 0.717) is 0 Å². The maximum absolute atomic E-state index is 0. The number of hydrogen-bond donors (Lipinski definition) is 0. The van der Waals surface area contributed by atoms with E-state index in [1.165, 1.54) is 0 Å². The first kappa shape index (κ1) is 197. The van der Waals surface area contributed by atoms with Crippen LogP contribution in [0.4, 0.5) is 0 Å². The van der Waals surface area contributed by atoms with Crippen molar-refractivity contribution < 1.29 is 144 Å². The fourth-order valence-electron chi connectivity index (χ4n) is 0. The minimum atomic E-state index is 0. The van der Waals surface area contributed by atoms with E-state index in [-0.39, 0.29) is 196 Å². The molecule has 0 fully saturated rings. The Morgan fingerprint density at radius 3 is 0.385 bits per heavy atom. The molecule has 5 nitrogen and oxygen atoms in total. The van der Waals surface area contributed by atoms with Crippen molar-refractivity contribution in [3.63, 3.8) is 0 Å². The predicted octanol–water partition coefficient (Wildman–Crippen LogP) is -1.37. The Kier molecular flexibility index (Phi) is 2500. The summed E-state index contributed by atoms with van der Waals surface area (Å²) in [4.78, 5) is 0. The van der Waals surface area contributed by atoms with E-state index in [0.717, 1.165) is 0 Å². The van der Waals surface area contributed by atoms with Crippen LogP contribution in [0.3, 0.4) is 0 Å². The van der Waals surface area contributed by atoms with Crippen molar-refractivity contribution in [2.45, 2.75) is 0 Å². The zero-order valence-electron chi connectivity index (χ0n) is 6.21. The van der Waals surface area contributed by atoms with Gasteiger partial charge in [-0.05, 0) is 0 Å². The summed E-state index contributed by atoms with van der Waals surface area (Å²) in [6, 6.07) is 0. The molecule has 0 saturated heterocycles. The standard InChI is InChI=1S/2Cu.2In.5O.2Ti.2Zn/q;;2*+3;5*-2;;;2*+2. The van der Waals surface area contributed by atoms with Gasteiger partial charge in [0, 0.05) is 77.6 Å². The van der Waals surface area contributed by atoms with E-state index in [1.54, 1.807) is 0 Å². The molecule has 70 valence electrons. The molecule has 0 saturated carbocycles. The van der Waals surface area contributed by atoms with Gasteiger partial charge < -0.3 is 27.4 Å². The van der Waals surface area contributed by atoms with Crippen LogP contribution in [-0.4, -0.2) is 51.7 Å².